The second-order valence-corrected chi connectivity index (χ2v) is 8.12. The molecule has 2 saturated heterocycles. The van der Waals surface area contributed by atoms with Crippen molar-refractivity contribution in [2.24, 2.45) is 5.92 Å². The Hall–Kier alpha value is -1.66. The summed E-state index contributed by atoms with van der Waals surface area (Å²) >= 11 is 1.58. The van der Waals surface area contributed by atoms with Crippen molar-refractivity contribution in [3.63, 3.8) is 0 Å². The molecule has 136 valence electrons. The number of likely N-dealkylation sites (tertiary alicyclic amines) is 1. The third kappa shape index (κ3) is 3.65. The number of nitrogens with zero attached hydrogens (tertiary/aromatic N) is 2. The van der Waals surface area contributed by atoms with Crippen molar-refractivity contribution in [2.45, 2.75) is 45.7 Å². The summed E-state index contributed by atoms with van der Waals surface area (Å²) in [7, 11) is 0. The number of amides is 3. The molecule has 0 saturated carbocycles. The van der Waals surface area contributed by atoms with Crippen LogP contribution in [0, 0.1) is 5.92 Å². The highest BCUT2D eigenvalue weighted by Crippen LogP contribution is 2.34. The molecule has 2 fully saturated rings. The van der Waals surface area contributed by atoms with E-state index in [1.807, 2.05) is 23.8 Å². The van der Waals surface area contributed by atoms with E-state index < -0.39 is 5.54 Å². The Kier molecular flexibility index (Phi) is 5.29. The quantitative estimate of drug-likeness (QED) is 0.647. The van der Waals surface area contributed by atoms with Crippen molar-refractivity contribution in [1.29, 1.82) is 0 Å². The first kappa shape index (κ1) is 18.1. The number of rotatable bonds is 5. The number of thiophene rings is 1. The van der Waals surface area contributed by atoms with Crippen LogP contribution in [0.5, 0.6) is 0 Å². The molecule has 1 N–H and O–H groups in total. The number of carbonyl (C=O) groups is 2. The minimum atomic E-state index is -0.769. The van der Waals surface area contributed by atoms with Crippen LogP contribution < -0.4 is 5.32 Å². The number of hydrogen-bond donors (Lipinski definition) is 1. The topological polar surface area (TPSA) is 52.7 Å². The van der Waals surface area contributed by atoms with Crippen LogP contribution in [0.1, 0.15) is 39.2 Å². The zero-order chi connectivity index (χ0) is 18.0. The average Bonchev–Trinajstić information content (AvgIpc) is 3.19. The lowest BCUT2D eigenvalue weighted by Gasteiger charge is -2.39. The first-order valence-electron chi connectivity index (χ1n) is 8.93. The van der Waals surface area contributed by atoms with Gasteiger partial charge in [-0.3, -0.25) is 14.6 Å². The van der Waals surface area contributed by atoms with Crippen LogP contribution >= 0.6 is 11.3 Å². The maximum absolute atomic E-state index is 13.0. The molecule has 6 heteroatoms. The van der Waals surface area contributed by atoms with Crippen molar-refractivity contribution in [1.82, 2.24) is 15.1 Å². The Labute approximate surface area is 153 Å². The van der Waals surface area contributed by atoms with E-state index in [9.17, 15) is 9.59 Å². The van der Waals surface area contributed by atoms with Gasteiger partial charge in [-0.1, -0.05) is 11.6 Å². The van der Waals surface area contributed by atoms with Crippen molar-refractivity contribution in [3.8, 4) is 0 Å². The number of urea groups is 1. The molecular weight excluding hydrogens is 334 g/mol. The summed E-state index contributed by atoms with van der Waals surface area (Å²) in [5.74, 6) is 0.116. The Morgan fingerprint density at radius 3 is 2.72 bits per heavy atom. The normalized spacial score (nSPS) is 26.4. The Morgan fingerprint density at radius 2 is 2.12 bits per heavy atom. The van der Waals surface area contributed by atoms with Crippen molar-refractivity contribution in [2.75, 3.05) is 19.6 Å². The lowest BCUT2D eigenvalue weighted by Crippen LogP contribution is -2.54. The minimum absolute atomic E-state index is 0.0771. The van der Waals surface area contributed by atoms with Gasteiger partial charge in [-0.25, -0.2) is 4.79 Å². The summed E-state index contributed by atoms with van der Waals surface area (Å²) in [5.41, 5.74) is 1.61. The maximum atomic E-state index is 13.0. The van der Waals surface area contributed by atoms with Gasteiger partial charge in [-0.15, -0.1) is 0 Å². The molecule has 1 unspecified atom stereocenters. The predicted octanol–water partition coefficient (Wildman–Crippen LogP) is 3.24. The van der Waals surface area contributed by atoms with E-state index >= 15 is 0 Å². The molecule has 25 heavy (non-hydrogen) atoms. The third-order valence-corrected chi connectivity index (χ3v) is 6.32. The first-order chi connectivity index (χ1) is 11.9. The first-order valence-corrected chi connectivity index (χ1v) is 9.87. The summed E-state index contributed by atoms with van der Waals surface area (Å²) in [6, 6.07) is 1.70. The summed E-state index contributed by atoms with van der Waals surface area (Å²) < 4.78 is 0. The summed E-state index contributed by atoms with van der Waals surface area (Å²) in [5, 5.41) is 6.94. The summed E-state index contributed by atoms with van der Waals surface area (Å²) in [6.07, 6.45) is 4.02. The van der Waals surface area contributed by atoms with Gasteiger partial charge in [-0.05, 0) is 75.0 Å². The molecule has 0 spiro atoms. The van der Waals surface area contributed by atoms with Gasteiger partial charge < -0.3 is 5.32 Å². The lowest BCUT2D eigenvalue weighted by atomic mass is 9.79. The number of carbonyl (C=O) groups excluding carboxylic acids is 2. The van der Waals surface area contributed by atoms with E-state index in [4.69, 9.17) is 0 Å². The van der Waals surface area contributed by atoms with Crippen LogP contribution in [-0.2, 0) is 11.3 Å². The Balaban J connectivity index is 1.64. The number of hydrogen-bond acceptors (Lipinski definition) is 4. The number of allylic oxidation sites excluding steroid dienone is 1. The fraction of sp³-hybridized carbons (Fsp3) is 0.579. The van der Waals surface area contributed by atoms with E-state index in [1.54, 1.807) is 11.3 Å². The van der Waals surface area contributed by atoms with Crippen LogP contribution in [-0.4, -0.2) is 46.9 Å². The average molecular weight is 362 g/mol. The maximum Gasteiger partial charge on any atom is 0.325 e. The standard InChI is InChI=1S/C19H27N3O2S/c1-4-14(2)11-21-8-5-16(6-9-21)19(3)17(23)22(18(24)20-19)12-15-7-10-25-13-15/h4,7,10,13,16H,5-6,8-9,11-12H2,1-3H3,(H,20,24)/b14-4+. The molecule has 0 bridgehead atoms. The second-order valence-electron chi connectivity index (χ2n) is 7.34. The molecule has 3 rings (SSSR count). The van der Waals surface area contributed by atoms with Crippen LogP contribution in [0.3, 0.4) is 0 Å². The molecular formula is C19H27N3O2S. The third-order valence-electron chi connectivity index (χ3n) is 5.59. The smallest absolute Gasteiger partial charge is 0.323 e. The molecule has 2 aliphatic rings. The molecule has 3 amide bonds. The molecule has 3 heterocycles. The molecule has 0 radical (unpaired) electrons. The molecule has 1 atom stereocenters. The van der Waals surface area contributed by atoms with Gasteiger partial charge in [0.2, 0.25) is 0 Å². The second kappa shape index (κ2) is 7.30. The van der Waals surface area contributed by atoms with Crippen LogP contribution in [0.2, 0.25) is 0 Å². The van der Waals surface area contributed by atoms with E-state index in [0.29, 0.717) is 6.54 Å². The number of imide groups is 1. The minimum Gasteiger partial charge on any atom is -0.323 e. The monoisotopic (exact) mass is 361 g/mol. The van der Waals surface area contributed by atoms with Crippen LogP contribution in [0.15, 0.2) is 28.5 Å². The molecule has 5 nitrogen and oxygen atoms in total. The SMILES string of the molecule is C/C=C(\C)CN1CCC(C2(C)NC(=O)N(Cc3ccsc3)C2=O)CC1. The predicted molar refractivity (Wildman–Crippen MR) is 100 cm³/mol. The van der Waals surface area contributed by atoms with Gasteiger partial charge in [0.05, 0.1) is 6.54 Å². The zero-order valence-electron chi connectivity index (χ0n) is 15.2. The van der Waals surface area contributed by atoms with Crippen molar-refractivity contribution >= 4 is 23.3 Å². The lowest BCUT2D eigenvalue weighted by molar-refractivity contribution is -0.133. The van der Waals surface area contributed by atoms with Crippen molar-refractivity contribution < 1.29 is 9.59 Å². The highest BCUT2D eigenvalue weighted by molar-refractivity contribution is 7.07. The van der Waals surface area contributed by atoms with Crippen LogP contribution in [0.4, 0.5) is 4.79 Å². The summed E-state index contributed by atoms with van der Waals surface area (Å²) in [6.45, 7) is 9.42. The van der Waals surface area contributed by atoms with Gasteiger partial charge in [-0.2, -0.15) is 11.3 Å². The molecule has 1 aromatic rings. The van der Waals surface area contributed by atoms with E-state index in [1.165, 1.54) is 10.5 Å². The largest absolute Gasteiger partial charge is 0.325 e. The number of nitrogens with one attached hydrogen (secondary N) is 1. The van der Waals surface area contributed by atoms with E-state index in [-0.39, 0.29) is 17.9 Å². The van der Waals surface area contributed by atoms with Crippen molar-refractivity contribution in [3.05, 3.63) is 34.0 Å². The fourth-order valence-corrected chi connectivity index (χ4v) is 4.47. The van der Waals surface area contributed by atoms with Gasteiger partial charge in [0.25, 0.3) is 5.91 Å². The van der Waals surface area contributed by atoms with Gasteiger partial charge in [0.1, 0.15) is 5.54 Å². The zero-order valence-corrected chi connectivity index (χ0v) is 16.1. The molecule has 0 aliphatic carbocycles. The van der Waals surface area contributed by atoms with E-state index in [2.05, 4.69) is 30.1 Å². The highest BCUT2D eigenvalue weighted by atomic mass is 32.1. The van der Waals surface area contributed by atoms with Gasteiger partial charge >= 0.3 is 6.03 Å². The molecule has 2 aliphatic heterocycles. The highest BCUT2D eigenvalue weighted by Gasteiger charge is 2.52. The van der Waals surface area contributed by atoms with Crippen LogP contribution in [0.25, 0.3) is 0 Å². The van der Waals surface area contributed by atoms with Gasteiger partial charge in [0, 0.05) is 6.54 Å². The fourth-order valence-electron chi connectivity index (χ4n) is 3.81. The molecule has 1 aromatic heterocycles. The molecule has 0 aromatic carbocycles. The summed E-state index contributed by atoms with van der Waals surface area (Å²) in [4.78, 5) is 29.2. The Morgan fingerprint density at radius 1 is 1.40 bits per heavy atom. The van der Waals surface area contributed by atoms with Gasteiger partial charge in [0.15, 0.2) is 0 Å². The number of piperidine rings is 1. The van der Waals surface area contributed by atoms with E-state index in [0.717, 1.165) is 38.0 Å². The Bertz CT molecular complexity index is 662.